The molecule has 2 heteroatoms. The van der Waals surface area contributed by atoms with E-state index in [1.165, 1.54) is 6.42 Å². The van der Waals surface area contributed by atoms with Gasteiger partial charge < -0.3 is 9.47 Å². The minimum atomic E-state index is 0.356. The maximum atomic E-state index is 5.23. The molecule has 2 atom stereocenters. The topological polar surface area (TPSA) is 18.5 Å². The normalized spacial score (nSPS) is 35.3. The molecule has 0 radical (unpaired) electrons. The van der Waals surface area contributed by atoms with Gasteiger partial charge in [0.1, 0.15) is 0 Å². The molecule has 0 aliphatic carbocycles. The fraction of sp³-hybridized carbons (Fsp3) is 1.00. The summed E-state index contributed by atoms with van der Waals surface area (Å²) in [6, 6.07) is 0. The molecule has 0 amide bonds. The highest BCUT2D eigenvalue weighted by Gasteiger charge is 2.25. The van der Waals surface area contributed by atoms with Gasteiger partial charge in [-0.15, -0.1) is 0 Å². The first-order valence-corrected chi connectivity index (χ1v) is 3.49. The molecule has 2 unspecified atom stereocenters. The van der Waals surface area contributed by atoms with Gasteiger partial charge in [0.2, 0.25) is 0 Å². The second-order valence-electron chi connectivity index (χ2n) is 2.48. The van der Waals surface area contributed by atoms with Crippen LogP contribution in [-0.4, -0.2) is 26.4 Å². The van der Waals surface area contributed by atoms with Crippen molar-refractivity contribution < 1.29 is 9.47 Å². The van der Waals surface area contributed by atoms with E-state index in [2.05, 4.69) is 6.92 Å². The molecule has 0 aromatic rings. The van der Waals surface area contributed by atoms with Crippen molar-refractivity contribution >= 4 is 0 Å². The van der Waals surface area contributed by atoms with E-state index in [-0.39, 0.29) is 0 Å². The van der Waals surface area contributed by atoms with Crippen molar-refractivity contribution in [3.8, 4) is 0 Å². The van der Waals surface area contributed by atoms with Crippen LogP contribution in [0.5, 0.6) is 0 Å². The van der Waals surface area contributed by atoms with Gasteiger partial charge in [-0.1, -0.05) is 6.92 Å². The van der Waals surface area contributed by atoms with Gasteiger partial charge in [-0.3, -0.25) is 0 Å². The Morgan fingerprint density at radius 2 is 2.33 bits per heavy atom. The molecule has 1 fully saturated rings. The van der Waals surface area contributed by atoms with Gasteiger partial charge in [-0.05, 0) is 6.42 Å². The number of hydrogen-bond acceptors (Lipinski definition) is 2. The van der Waals surface area contributed by atoms with E-state index < -0.39 is 0 Å². The van der Waals surface area contributed by atoms with Crippen LogP contribution in [0.25, 0.3) is 0 Å². The zero-order chi connectivity index (χ0) is 6.69. The predicted molar refractivity (Wildman–Crippen MR) is 35.4 cm³/mol. The summed E-state index contributed by atoms with van der Waals surface area (Å²) in [5, 5.41) is 0. The molecule has 54 valence electrons. The smallest absolute Gasteiger partial charge is 0.0854 e. The summed E-state index contributed by atoms with van der Waals surface area (Å²) in [4.78, 5) is 0. The molecule has 1 saturated heterocycles. The molecule has 9 heavy (non-hydrogen) atoms. The summed E-state index contributed by atoms with van der Waals surface area (Å²) in [6.07, 6.45) is 1.52. The first kappa shape index (κ1) is 7.03. The lowest BCUT2D eigenvalue weighted by atomic mass is 10.0. The zero-order valence-corrected chi connectivity index (χ0v) is 6.09. The Bertz CT molecular complexity index is 73.0. The number of ether oxygens (including phenoxy) is 2. The van der Waals surface area contributed by atoms with Gasteiger partial charge in [-0.2, -0.15) is 0 Å². The molecule has 1 rings (SSSR count). The van der Waals surface area contributed by atoms with E-state index in [0.717, 1.165) is 13.2 Å². The second kappa shape index (κ2) is 3.18. The molecule has 0 bridgehead atoms. The van der Waals surface area contributed by atoms with Crippen molar-refractivity contribution in [1.29, 1.82) is 0 Å². The predicted octanol–water partition coefficient (Wildman–Crippen LogP) is 1.06. The van der Waals surface area contributed by atoms with Gasteiger partial charge in [0.25, 0.3) is 0 Å². The average Bonchev–Trinajstić information content (AvgIpc) is 2.33. The van der Waals surface area contributed by atoms with Crippen LogP contribution in [0.1, 0.15) is 13.3 Å². The van der Waals surface area contributed by atoms with Crippen LogP contribution in [-0.2, 0) is 9.47 Å². The fourth-order valence-corrected chi connectivity index (χ4v) is 1.22. The maximum Gasteiger partial charge on any atom is 0.0854 e. The van der Waals surface area contributed by atoms with E-state index in [0.29, 0.717) is 12.0 Å². The van der Waals surface area contributed by atoms with Crippen LogP contribution in [0, 0.1) is 5.92 Å². The van der Waals surface area contributed by atoms with Crippen molar-refractivity contribution in [2.75, 3.05) is 20.3 Å². The molecule has 0 aromatic heterocycles. The lowest BCUT2D eigenvalue weighted by Gasteiger charge is -2.12. The lowest BCUT2D eigenvalue weighted by molar-refractivity contribution is 0.0659. The van der Waals surface area contributed by atoms with Crippen LogP contribution < -0.4 is 0 Å². The summed E-state index contributed by atoms with van der Waals surface area (Å²) in [5.74, 6) is 0.634. The molecular formula is C7H14O2. The third kappa shape index (κ3) is 1.43. The van der Waals surface area contributed by atoms with Gasteiger partial charge in [0.05, 0.1) is 19.3 Å². The van der Waals surface area contributed by atoms with Crippen LogP contribution in [0.3, 0.4) is 0 Å². The van der Waals surface area contributed by atoms with Crippen molar-refractivity contribution in [3.05, 3.63) is 0 Å². The van der Waals surface area contributed by atoms with Gasteiger partial charge in [-0.25, -0.2) is 0 Å². The zero-order valence-electron chi connectivity index (χ0n) is 6.09. The Kier molecular flexibility index (Phi) is 2.49. The van der Waals surface area contributed by atoms with E-state index in [1.807, 2.05) is 0 Å². The molecule has 2 nitrogen and oxygen atoms in total. The molecule has 1 aliphatic heterocycles. The summed E-state index contributed by atoms with van der Waals surface area (Å²) in [7, 11) is 1.75. The van der Waals surface area contributed by atoms with Crippen LogP contribution in [0.15, 0.2) is 0 Å². The Labute approximate surface area is 56.2 Å². The van der Waals surface area contributed by atoms with Crippen LogP contribution in [0.4, 0.5) is 0 Å². The Hall–Kier alpha value is -0.0800. The first-order chi connectivity index (χ1) is 4.38. The Balaban J connectivity index is 2.32. The summed E-state index contributed by atoms with van der Waals surface area (Å²) < 4.78 is 10.4. The van der Waals surface area contributed by atoms with Gasteiger partial charge in [0, 0.05) is 13.0 Å². The molecule has 0 saturated carbocycles. The highest BCUT2D eigenvalue weighted by molar-refractivity contribution is 4.73. The third-order valence-electron chi connectivity index (χ3n) is 1.97. The van der Waals surface area contributed by atoms with Gasteiger partial charge in [0.15, 0.2) is 0 Å². The molecule has 1 heterocycles. The lowest BCUT2D eigenvalue weighted by Crippen LogP contribution is -2.19. The van der Waals surface area contributed by atoms with Crippen molar-refractivity contribution in [1.82, 2.24) is 0 Å². The first-order valence-electron chi connectivity index (χ1n) is 3.49. The summed E-state index contributed by atoms with van der Waals surface area (Å²) in [6.45, 7) is 3.84. The van der Waals surface area contributed by atoms with Crippen molar-refractivity contribution in [2.24, 2.45) is 5.92 Å². The van der Waals surface area contributed by atoms with E-state index >= 15 is 0 Å². The maximum absolute atomic E-state index is 5.23. The second-order valence-corrected chi connectivity index (χ2v) is 2.48. The van der Waals surface area contributed by atoms with Crippen molar-refractivity contribution in [2.45, 2.75) is 19.4 Å². The monoisotopic (exact) mass is 130 g/mol. The van der Waals surface area contributed by atoms with Crippen LogP contribution >= 0.6 is 0 Å². The quantitative estimate of drug-likeness (QED) is 0.556. The Morgan fingerprint density at radius 3 is 2.78 bits per heavy atom. The minimum absolute atomic E-state index is 0.356. The number of methoxy groups -OCH3 is 1. The molecule has 1 aliphatic rings. The van der Waals surface area contributed by atoms with E-state index in [4.69, 9.17) is 9.47 Å². The van der Waals surface area contributed by atoms with E-state index in [1.54, 1.807) is 7.11 Å². The van der Waals surface area contributed by atoms with E-state index in [9.17, 15) is 0 Å². The van der Waals surface area contributed by atoms with Gasteiger partial charge >= 0.3 is 0 Å². The van der Waals surface area contributed by atoms with Crippen LogP contribution in [0.2, 0.25) is 0 Å². The largest absolute Gasteiger partial charge is 0.379 e. The highest BCUT2D eigenvalue weighted by Crippen LogP contribution is 2.18. The molecule has 0 aromatic carbocycles. The molecular weight excluding hydrogens is 116 g/mol. The third-order valence-corrected chi connectivity index (χ3v) is 1.97. The average molecular weight is 130 g/mol. The molecule has 0 N–H and O–H groups in total. The SMILES string of the molecule is CCC1COCC1OC. The summed E-state index contributed by atoms with van der Waals surface area (Å²) in [5.41, 5.74) is 0. The summed E-state index contributed by atoms with van der Waals surface area (Å²) >= 11 is 0. The van der Waals surface area contributed by atoms with Crippen molar-refractivity contribution in [3.63, 3.8) is 0 Å². The molecule has 0 spiro atoms. The highest BCUT2D eigenvalue weighted by atomic mass is 16.5. The Morgan fingerprint density at radius 1 is 1.56 bits per heavy atom. The standard InChI is InChI=1S/C7H14O2/c1-3-6-4-9-5-7(6)8-2/h6-7H,3-5H2,1-2H3. The number of hydrogen-bond donors (Lipinski definition) is 0. The number of rotatable bonds is 2. The minimum Gasteiger partial charge on any atom is -0.379 e. The fourth-order valence-electron chi connectivity index (χ4n) is 1.22.